The highest BCUT2D eigenvalue weighted by molar-refractivity contribution is 5.53. The lowest BCUT2D eigenvalue weighted by atomic mass is 10.2. The van der Waals surface area contributed by atoms with Crippen molar-refractivity contribution in [3.05, 3.63) is 47.8 Å². The van der Waals surface area contributed by atoms with E-state index >= 15 is 0 Å². The number of hydrogen-bond donors (Lipinski definition) is 0. The molecule has 0 radical (unpaired) electrons. The fraction of sp³-hybridized carbons (Fsp3) is 0.133. The number of nitriles is 1. The van der Waals surface area contributed by atoms with Crippen molar-refractivity contribution < 1.29 is 18.6 Å². The van der Waals surface area contributed by atoms with Crippen LogP contribution in [-0.2, 0) is 0 Å². The average molecular weight is 273 g/mol. The standard InChI is InChI=1S/C15H12FNO3/c1-18-13-4-3-5-14(19-2)15(13)20-12-7-10(9-17)6-11(16)8-12/h3-8H,1-2H3. The van der Waals surface area contributed by atoms with Crippen LogP contribution < -0.4 is 14.2 Å². The monoisotopic (exact) mass is 273 g/mol. The summed E-state index contributed by atoms with van der Waals surface area (Å²) < 4.78 is 29.4. The van der Waals surface area contributed by atoms with E-state index in [-0.39, 0.29) is 11.3 Å². The average Bonchev–Trinajstić information content (AvgIpc) is 2.46. The van der Waals surface area contributed by atoms with E-state index in [1.165, 1.54) is 26.4 Å². The van der Waals surface area contributed by atoms with Crippen molar-refractivity contribution in [2.75, 3.05) is 14.2 Å². The zero-order chi connectivity index (χ0) is 14.5. The van der Waals surface area contributed by atoms with Gasteiger partial charge in [0.2, 0.25) is 5.75 Å². The highest BCUT2D eigenvalue weighted by atomic mass is 19.1. The molecular formula is C15H12FNO3. The minimum atomic E-state index is -0.548. The molecule has 0 atom stereocenters. The van der Waals surface area contributed by atoms with E-state index in [1.807, 2.05) is 6.07 Å². The van der Waals surface area contributed by atoms with E-state index in [1.54, 1.807) is 18.2 Å². The topological polar surface area (TPSA) is 51.5 Å². The van der Waals surface area contributed by atoms with E-state index < -0.39 is 5.82 Å². The van der Waals surface area contributed by atoms with Crippen molar-refractivity contribution in [3.63, 3.8) is 0 Å². The first-order valence-corrected chi connectivity index (χ1v) is 5.77. The summed E-state index contributed by atoms with van der Waals surface area (Å²) in [6.07, 6.45) is 0. The second-order valence-electron chi connectivity index (χ2n) is 3.88. The Morgan fingerprint density at radius 2 is 1.70 bits per heavy atom. The Bertz CT molecular complexity index is 642. The molecule has 0 saturated heterocycles. The van der Waals surface area contributed by atoms with Gasteiger partial charge in [0.1, 0.15) is 11.6 Å². The molecule has 2 rings (SSSR count). The maximum absolute atomic E-state index is 13.4. The molecule has 0 aliphatic carbocycles. The molecule has 0 bridgehead atoms. The molecule has 0 saturated carbocycles. The van der Waals surface area contributed by atoms with Gasteiger partial charge in [-0.2, -0.15) is 5.26 Å². The molecule has 0 spiro atoms. The molecule has 5 heteroatoms. The maximum Gasteiger partial charge on any atom is 0.210 e. The Labute approximate surface area is 115 Å². The van der Waals surface area contributed by atoms with E-state index in [9.17, 15) is 4.39 Å². The summed E-state index contributed by atoms with van der Waals surface area (Å²) in [6.45, 7) is 0. The molecule has 0 N–H and O–H groups in total. The summed E-state index contributed by atoms with van der Waals surface area (Å²) in [5.41, 5.74) is 0.175. The lowest BCUT2D eigenvalue weighted by Crippen LogP contribution is -1.95. The van der Waals surface area contributed by atoms with Gasteiger partial charge >= 0.3 is 0 Å². The SMILES string of the molecule is COc1cccc(OC)c1Oc1cc(F)cc(C#N)c1. The summed E-state index contributed by atoms with van der Waals surface area (Å²) in [7, 11) is 2.99. The fourth-order valence-electron chi connectivity index (χ4n) is 1.72. The highest BCUT2D eigenvalue weighted by Gasteiger charge is 2.13. The molecule has 20 heavy (non-hydrogen) atoms. The smallest absolute Gasteiger partial charge is 0.210 e. The largest absolute Gasteiger partial charge is 0.493 e. The van der Waals surface area contributed by atoms with Gasteiger partial charge in [0.05, 0.1) is 25.9 Å². The molecule has 0 fully saturated rings. The minimum Gasteiger partial charge on any atom is -0.493 e. The number of hydrogen-bond acceptors (Lipinski definition) is 4. The highest BCUT2D eigenvalue weighted by Crippen LogP contribution is 2.40. The quantitative estimate of drug-likeness (QED) is 0.855. The van der Waals surface area contributed by atoms with Crippen LogP contribution in [0.4, 0.5) is 4.39 Å². The van der Waals surface area contributed by atoms with Crippen LogP contribution in [0.5, 0.6) is 23.0 Å². The van der Waals surface area contributed by atoms with E-state index in [0.29, 0.717) is 17.2 Å². The number of benzene rings is 2. The van der Waals surface area contributed by atoms with Crippen LogP contribution in [0, 0.1) is 17.1 Å². The van der Waals surface area contributed by atoms with Crippen molar-refractivity contribution in [1.29, 1.82) is 5.26 Å². The number of nitrogens with zero attached hydrogens (tertiary/aromatic N) is 1. The van der Waals surface area contributed by atoms with Gasteiger partial charge in [-0.15, -0.1) is 0 Å². The van der Waals surface area contributed by atoms with Gasteiger partial charge in [0.15, 0.2) is 11.5 Å². The van der Waals surface area contributed by atoms with Crippen molar-refractivity contribution in [2.24, 2.45) is 0 Å². The molecule has 0 aromatic heterocycles. The van der Waals surface area contributed by atoms with Gasteiger partial charge in [0, 0.05) is 6.07 Å². The Kier molecular flexibility index (Phi) is 4.06. The van der Waals surface area contributed by atoms with Crippen LogP contribution in [0.1, 0.15) is 5.56 Å². The third kappa shape index (κ3) is 2.81. The Balaban J connectivity index is 2.44. The van der Waals surface area contributed by atoms with Crippen molar-refractivity contribution >= 4 is 0 Å². The van der Waals surface area contributed by atoms with E-state index in [0.717, 1.165) is 6.07 Å². The predicted molar refractivity (Wildman–Crippen MR) is 70.7 cm³/mol. The van der Waals surface area contributed by atoms with E-state index in [2.05, 4.69) is 0 Å². The molecule has 2 aromatic carbocycles. The predicted octanol–water partition coefficient (Wildman–Crippen LogP) is 3.51. The number of rotatable bonds is 4. The van der Waals surface area contributed by atoms with Gasteiger partial charge in [-0.25, -0.2) is 4.39 Å². The summed E-state index contributed by atoms with van der Waals surface area (Å²) in [5.74, 6) is 0.878. The lowest BCUT2D eigenvalue weighted by Gasteiger charge is -2.13. The first-order chi connectivity index (χ1) is 9.67. The second-order valence-corrected chi connectivity index (χ2v) is 3.88. The normalized spacial score (nSPS) is 9.70. The van der Waals surface area contributed by atoms with Gasteiger partial charge in [0.25, 0.3) is 0 Å². The molecule has 0 aliphatic heterocycles. The van der Waals surface area contributed by atoms with E-state index in [4.69, 9.17) is 19.5 Å². The van der Waals surface area contributed by atoms with Gasteiger partial charge in [-0.1, -0.05) is 6.07 Å². The van der Waals surface area contributed by atoms with Crippen LogP contribution in [0.3, 0.4) is 0 Å². The Morgan fingerprint density at radius 1 is 1.05 bits per heavy atom. The number of methoxy groups -OCH3 is 2. The minimum absolute atomic E-state index is 0.175. The van der Waals surface area contributed by atoms with Gasteiger partial charge in [-0.05, 0) is 24.3 Å². The van der Waals surface area contributed by atoms with Crippen LogP contribution >= 0.6 is 0 Å². The summed E-state index contributed by atoms with van der Waals surface area (Å²) >= 11 is 0. The second kappa shape index (κ2) is 5.93. The first-order valence-electron chi connectivity index (χ1n) is 5.77. The molecule has 0 aliphatic rings. The summed E-state index contributed by atoms with van der Waals surface area (Å²) in [4.78, 5) is 0. The summed E-state index contributed by atoms with van der Waals surface area (Å²) in [5, 5.41) is 8.83. The molecule has 0 amide bonds. The van der Waals surface area contributed by atoms with Crippen molar-refractivity contribution in [1.82, 2.24) is 0 Å². The third-order valence-electron chi connectivity index (χ3n) is 2.60. The molecule has 0 heterocycles. The Morgan fingerprint density at radius 3 is 2.25 bits per heavy atom. The zero-order valence-corrected chi connectivity index (χ0v) is 11.0. The zero-order valence-electron chi connectivity index (χ0n) is 11.0. The van der Waals surface area contributed by atoms with Gasteiger partial charge < -0.3 is 14.2 Å². The summed E-state index contributed by atoms with van der Waals surface area (Å²) in [6, 6.07) is 10.8. The van der Waals surface area contributed by atoms with Crippen molar-refractivity contribution in [2.45, 2.75) is 0 Å². The van der Waals surface area contributed by atoms with Gasteiger partial charge in [-0.3, -0.25) is 0 Å². The first kappa shape index (κ1) is 13.7. The number of ether oxygens (including phenoxy) is 3. The molecule has 4 nitrogen and oxygen atoms in total. The lowest BCUT2D eigenvalue weighted by molar-refractivity contribution is 0.345. The Hall–Kier alpha value is -2.74. The van der Waals surface area contributed by atoms with Crippen molar-refractivity contribution in [3.8, 4) is 29.1 Å². The maximum atomic E-state index is 13.4. The molecule has 0 unspecified atom stereocenters. The molecular weight excluding hydrogens is 261 g/mol. The number of halogens is 1. The molecule has 102 valence electrons. The van der Waals surface area contributed by atoms with Crippen LogP contribution in [-0.4, -0.2) is 14.2 Å². The third-order valence-corrected chi connectivity index (χ3v) is 2.60. The van der Waals surface area contributed by atoms with Crippen LogP contribution in [0.25, 0.3) is 0 Å². The van der Waals surface area contributed by atoms with Crippen LogP contribution in [0.2, 0.25) is 0 Å². The molecule has 2 aromatic rings. The van der Waals surface area contributed by atoms with Crippen LogP contribution in [0.15, 0.2) is 36.4 Å². The fourth-order valence-corrected chi connectivity index (χ4v) is 1.72. The number of para-hydroxylation sites is 1.